The number of halogens is 1. The molecule has 5 nitrogen and oxygen atoms in total. The zero-order valence-corrected chi connectivity index (χ0v) is 11.9. The van der Waals surface area contributed by atoms with Crippen LogP contribution in [-0.4, -0.2) is 48.6 Å². The van der Waals surface area contributed by atoms with Gasteiger partial charge >= 0.3 is 6.03 Å². The molecule has 2 amide bonds. The lowest BCUT2D eigenvalue weighted by Crippen LogP contribution is -2.64. The third-order valence-electron chi connectivity index (χ3n) is 4.84. The van der Waals surface area contributed by atoms with E-state index < -0.39 is 23.5 Å². The number of urea groups is 1. The van der Waals surface area contributed by atoms with Gasteiger partial charge in [-0.3, -0.25) is 4.79 Å². The molecule has 1 saturated heterocycles. The standard InChI is InChI=1S/C15H18FN3O2/c1-18-11-5-3-2-4-10(11)12(20)13(16)15(18)6-8-19(9-7-15)14(17)21/h2-5,13H,6-9H2,1H3,(H2,17,21). The van der Waals surface area contributed by atoms with Gasteiger partial charge in [-0.1, -0.05) is 12.1 Å². The van der Waals surface area contributed by atoms with Crippen LogP contribution in [0.15, 0.2) is 24.3 Å². The number of Topliss-reactive ketones (excluding diaryl/α,β-unsaturated/α-hetero) is 1. The Bertz CT molecular complexity index is 596. The van der Waals surface area contributed by atoms with Gasteiger partial charge in [0.25, 0.3) is 0 Å². The number of para-hydroxylation sites is 1. The van der Waals surface area contributed by atoms with Gasteiger partial charge in [-0.15, -0.1) is 0 Å². The number of hydrogen-bond donors (Lipinski definition) is 1. The molecule has 0 radical (unpaired) electrons. The molecule has 3 rings (SSSR count). The van der Waals surface area contributed by atoms with Crippen molar-refractivity contribution in [2.24, 2.45) is 5.73 Å². The summed E-state index contributed by atoms with van der Waals surface area (Å²) in [5.41, 5.74) is 5.57. The molecule has 0 aliphatic carbocycles. The number of benzene rings is 1. The predicted octanol–water partition coefficient (Wildman–Crippen LogP) is 1.57. The summed E-state index contributed by atoms with van der Waals surface area (Å²) >= 11 is 0. The maximum atomic E-state index is 14.8. The Labute approximate surface area is 122 Å². The fraction of sp³-hybridized carbons (Fsp3) is 0.467. The number of alkyl halides is 1. The van der Waals surface area contributed by atoms with Crippen LogP contribution in [0, 0.1) is 0 Å². The monoisotopic (exact) mass is 291 g/mol. The number of carbonyl (C=O) groups is 2. The van der Waals surface area contributed by atoms with Crippen LogP contribution in [0.25, 0.3) is 0 Å². The molecule has 2 aliphatic heterocycles. The van der Waals surface area contributed by atoms with Crippen molar-refractivity contribution in [2.75, 3.05) is 25.0 Å². The summed E-state index contributed by atoms with van der Waals surface area (Å²) in [5.74, 6) is -0.462. The quantitative estimate of drug-likeness (QED) is 0.789. The molecule has 1 aromatic carbocycles. The van der Waals surface area contributed by atoms with Gasteiger partial charge in [0.05, 0.1) is 5.54 Å². The lowest BCUT2D eigenvalue weighted by Gasteiger charge is -2.52. The Balaban J connectivity index is 1.97. The Morgan fingerprint density at radius 1 is 1.33 bits per heavy atom. The maximum Gasteiger partial charge on any atom is 0.314 e. The number of ketones is 1. The summed E-state index contributed by atoms with van der Waals surface area (Å²) in [7, 11) is 1.82. The second kappa shape index (κ2) is 4.72. The Morgan fingerprint density at radius 3 is 2.57 bits per heavy atom. The van der Waals surface area contributed by atoms with E-state index in [1.807, 2.05) is 24.1 Å². The van der Waals surface area contributed by atoms with Gasteiger partial charge in [-0.05, 0) is 25.0 Å². The van der Waals surface area contributed by atoms with E-state index in [0.717, 1.165) is 5.69 Å². The van der Waals surface area contributed by atoms with Gasteiger partial charge in [-0.2, -0.15) is 0 Å². The van der Waals surface area contributed by atoms with Crippen molar-refractivity contribution in [1.82, 2.24) is 4.90 Å². The first-order valence-corrected chi connectivity index (χ1v) is 7.03. The second-order valence-electron chi connectivity index (χ2n) is 5.73. The van der Waals surface area contributed by atoms with Crippen LogP contribution in [0.2, 0.25) is 0 Å². The molecule has 1 unspecified atom stereocenters. The molecule has 0 aromatic heterocycles. The highest BCUT2D eigenvalue weighted by Crippen LogP contribution is 2.43. The highest BCUT2D eigenvalue weighted by atomic mass is 19.1. The van der Waals surface area contributed by atoms with E-state index in [2.05, 4.69) is 0 Å². The van der Waals surface area contributed by atoms with E-state index in [1.54, 1.807) is 12.1 Å². The molecule has 2 heterocycles. The van der Waals surface area contributed by atoms with Crippen molar-refractivity contribution in [2.45, 2.75) is 24.6 Å². The fourth-order valence-corrected chi connectivity index (χ4v) is 3.47. The summed E-state index contributed by atoms with van der Waals surface area (Å²) in [6, 6.07) is 6.58. The number of carbonyl (C=O) groups excluding carboxylic acids is 2. The van der Waals surface area contributed by atoms with Crippen LogP contribution in [0.1, 0.15) is 23.2 Å². The molecule has 6 heteroatoms. The molecule has 1 atom stereocenters. The summed E-state index contributed by atoms with van der Waals surface area (Å²) in [4.78, 5) is 26.9. The summed E-state index contributed by atoms with van der Waals surface area (Å²) in [5, 5.41) is 0. The Kier molecular flexibility index (Phi) is 3.11. The predicted molar refractivity (Wildman–Crippen MR) is 77.2 cm³/mol. The molecule has 0 bridgehead atoms. The van der Waals surface area contributed by atoms with Crippen molar-refractivity contribution < 1.29 is 14.0 Å². The largest absolute Gasteiger partial charge is 0.365 e. The average molecular weight is 291 g/mol. The normalized spacial score (nSPS) is 24.1. The Hall–Kier alpha value is -2.11. The molecule has 112 valence electrons. The number of primary amides is 1. The van der Waals surface area contributed by atoms with Crippen LogP contribution >= 0.6 is 0 Å². The summed E-state index contributed by atoms with van der Waals surface area (Å²) in [6.07, 6.45) is -0.783. The second-order valence-corrected chi connectivity index (χ2v) is 5.73. The zero-order valence-electron chi connectivity index (χ0n) is 11.9. The number of likely N-dealkylation sites (tertiary alicyclic amines) is 1. The van der Waals surface area contributed by atoms with Crippen LogP contribution in [0.5, 0.6) is 0 Å². The van der Waals surface area contributed by atoms with Crippen LogP contribution in [0.3, 0.4) is 0 Å². The van der Waals surface area contributed by atoms with Crippen molar-refractivity contribution in [3.8, 4) is 0 Å². The Morgan fingerprint density at radius 2 is 1.95 bits per heavy atom. The van der Waals surface area contributed by atoms with E-state index in [0.29, 0.717) is 31.5 Å². The van der Waals surface area contributed by atoms with E-state index in [1.165, 1.54) is 4.90 Å². The van der Waals surface area contributed by atoms with Gasteiger partial charge < -0.3 is 15.5 Å². The molecule has 0 saturated carbocycles. The lowest BCUT2D eigenvalue weighted by molar-refractivity contribution is 0.0620. The van der Waals surface area contributed by atoms with Gasteiger partial charge in [0.15, 0.2) is 6.17 Å². The number of anilines is 1. The maximum absolute atomic E-state index is 14.8. The molecule has 1 spiro atoms. The van der Waals surface area contributed by atoms with Crippen molar-refractivity contribution in [3.05, 3.63) is 29.8 Å². The van der Waals surface area contributed by atoms with Crippen LogP contribution < -0.4 is 10.6 Å². The highest BCUT2D eigenvalue weighted by molar-refractivity contribution is 6.07. The minimum Gasteiger partial charge on any atom is -0.365 e. The number of piperidine rings is 1. The molecule has 1 fully saturated rings. The average Bonchev–Trinajstić information content (AvgIpc) is 2.51. The first kappa shape index (κ1) is 13.9. The van der Waals surface area contributed by atoms with Gasteiger partial charge in [0.2, 0.25) is 5.78 Å². The lowest BCUT2D eigenvalue weighted by atomic mass is 9.75. The molecule has 2 N–H and O–H groups in total. The number of nitrogens with two attached hydrogens (primary N) is 1. The minimum absolute atomic E-state index is 0.371. The van der Waals surface area contributed by atoms with Crippen LogP contribution in [0.4, 0.5) is 14.9 Å². The van der Waals surface area contributed by atoms with Crippen molar-refractivity contribution >= 4 is 17.5 Å². The molecular formula is C15H18FN3O2. The fourth-order valence-electron chi connectivity index (χ4n) is 3.47. The first-order chi connectivity index (χ1) is 9.97. The summed E-state index contributed by atoms with van der Waals surface area (Å²) in [6.45, 7) is 0.741. The number of amides is 2. The molecule has 21 heavy (non-hydrogen) atoms. The minimum atomic E-state index is -1.58. The third kappa shape index (κ3) is 1.89. The van der Waals surface area contributed by atoms with Crippen molar-refractivity contribution in [1.29, 1.82) is 0 Å². The van der Waals surface area contributed by atoms with Crippen LogP contribution in [-0.2, 0) is 0 Å². The van der Waals surface area contributed by atoms with E-state index >= 15 is 0 Å². The number of fused-ring (bicyclic) bond motifs is 1. The SMILES string of the molecule is CN1c2ccccc2C(=O)C(F)C12CCN(C(N)=O)CC2. The smallest absolute Gasteiger partial charge is 0.314 e. The van der Waals surface area contributed by atoms with Crippen molar-refractivity contribution in [3.63, 3.8) is 0 Å². The molecule has 1 aromatic rings. The number of hydrogen-bond acceptors (Lipinski definition) is 3. The third-order valence-corrected chi connectivity index (χ3v) is 4.84. The zero-order chi connectivity index (χ0) is 15.2. The molecule has 2 aliphatic rings. The van der Waals surface area contributed by atoms with Gasteiger partial charge in [0.1, 0.15) is 0 Å². The molecular weight excluding hydrogens is 273 g/mol. The topological polar surface area (TPSA) is 66.6 Å². The van der Waals surface area contributed by atoms with E-state index in [9.17, 15) is 14.0 Å². The highest BCUT2D eigenvalue weighted by Gasteiger charge is 2.52. The van der Waals surface area contributed by atoms with Gasteiger partial charge in [0, 0.05) is 31.4 Å². The first-order valence-electron chi connectivity index (χ1n) is 7.03. The van der Waals surface area contributed by atoms with E-state index in [-0.39, 0.29) is 0 Å². The number of nitrogens with zero attached hydrogens (tertiary/aromatic N) is 2. The van der Waals surface area contributed by atoms with Gasteiger partial charge in [-0.25, -0.2) is 9.18 Å². The number of rotatable bonds is 0. The van der Waals surface area contributed by atoms with E-state index in [4.69, 9.17) is 5.73 Å². The summed E-state index contributed by atoms with van der Waals surface area (Å²) < 4.78 is 14.8.